The van der Waals surface area contributed by atoms with Crippen LogP contribution in [0.25, 0.3) is 0 Å². The van der Waals surface area contributed by atoms with Crippen LogP contribution in [0.5, 0.6) is 0 Å². The summed E-state index contributed by atoms with van der Waals surface area (Å²) in [7, 11) is 1.56. The molecule has 0 amide bonds. The highest BCUT2D eigenvalue weighted by molar-refractivity contribution is 5.07. The van der Waals surface area contributed by atoms with Gasteiger partial charge in [-0.05, 0) is 0 Å². The normalized spacial score (nSPS) is 10.4. The Hall–Kier alpha value is -0.970. The molecule has 0 aliphatic heterocycles. The lowest BCUT2D eigenvalue weighted by molar-refractivity contribution is 0.281. The Labute approximate surface area is 49.4 Å². The fraction of sp³-hybridized carbons (Fsp3) is 0.500. The van der Waals surface area contributed by atoms with Crippen molar-refractivity contribution in [3.8, 4) is 6.07 Å². The van der Waals surface area contributed by atoms with Gasteiger partial charge in [0.25, 0.3) is 0 Å². The molecule has 0 saturated carbocycles. The van der Waals surface area contributed by atoms with E-state index >= 15 is 0 Å². The molecule has 8 heavy (non-hydrogen) atoms. The van der Waals surface area contributed by atoms with Gasteiger partial charge in [-0.3, -0.25) is 0 Å². The summed E-state index contributed by atoms with van der Waals surface area (Å²) in [6.45, 7) is 1.94. The number of ether oxygens (including phenoxy) is 1. The summed E-state index contributed by atoms with van der Waals surface area (Å²) < 4.78 is 4.78. The zero-order chi connectivity index (χ0) is 6.41. The quantitative estimate of drug-likeness (QED) is 0.399. The molecule has 0 fully saturated rings. The van der Waals surface area contributed by atoms with Crippen molar-refractivity contribution in [3.05, 3.63) is 11.8 Å². The Kier molecular flexibility index (Phi) is 3.69. The summed E-state index contributed by atoms with van der Waals surface area (Å²) in [5.74, 6) is 0.729. The Balaban J connectivity index is 3.72. The molecule has 0 unspecified atom stereocenters. The summed E-state index contributed by atoms with van der Waals surface area (Å²) in [6, 6.07) is 1.88. The molecule has 0 atom stereocenters. The van der Waals surface area contributed by atoms with Crippen LogP contribution >= 0.6 is 0 Å². The van der Waals surface area contributed by atoms with Crippen molar-refractivity contribution < 1.29 is 4.74 Å². The fourth-order valence-corrected chi connectivity index (χ4v) is 0.377. The van der Waals surface area contributed by atoms with Crippen LogP contribution in [0, 0.1) is 11.3 Å². The van der Waals surface area contributed by atoms with Crippen LogP contribution in [-0.2, 0) is 4.74 Å². The first-order valence-corrected chi connectivity index (χ1v) is 2.47. The molecule has 0 radical (unpaired) electrons. The van der Waals surface area contributed by atoms with Gasteiger partial charge < -0.3 is 4.74 Å². The summed E-state index contributed by atoms with van der Waals surface area (Å²) in [6.07, 6.45) is 2.18. The van der Waals surface area contributed by atoms with Crippen molar-refractivity contribution in [1.29, 1.82) is 5.26 Å². The third-order valence-electron chi connectivity index (χ3n) is 0.836. The molecule has 0 heterocycles. The minimum atomic E-state index is 0.729. The van der Waals surface area contributed by atoms with Crippen molar-refractivity contribution in [2.24, 2.45) is 0 Å². The van der Waals surface area contributed by atoms with E-state index in [9.17, 15) is 0 Å². The maximum absolute atomic E-state index is 8.09. The van der Waals surface area contributed by atoms with Gasteiger partial charge in [0.1, 0.15) is 5.76 Å². The lowest BCUT2D eigenvalue weighted by Crippen LogP contribution is -1.81. The van der Waals surface area contributed by atoms with Gasteiger partial charge in [-0.15, -0.1) is 0 Å². The van der Waals surface area contributed by atoms with E-state index in [4.69, 9.17) is 10.00 Å². The van der Waals surface area contributed by atoms with E-state index in [1.54, 1.807) is 7.11 Å². The second kappa shape index (κ2) is 4.20. The average Bonchev–Trinajstić information content (AvgIpc) is 1.83. The number of methoxy groups -OCH3 is 1. The monoisotopic (exact) mass is 111 g/mol. The highest BCUT2D eigenvalue weighted by Gasteiger charge is 1.85. The molecule has 2 nitrogen and oxygen atoms in total. The van der Waals surface area contributed by atoms with Gasteiger partial charge in [0.2, 0.25) is 0 Å². The lowest BCUT2D eigenvalue weighted by Gasteiger charge is -1.96. The van der Waals surface area contributed by atoms with E-state index in [0.717, 1.165) is 12.2 Å². The van der Waals surface area contributed by atoms with Gasteiger partial charge in [-0.25, -0.2) is 0 Å². The SMILES string of the molecule is CC/C(=C/C#N)OC. The fourth-order valence-electron chi connectivity index (χ4n) is 0.377. The van der Waals surface area contributed by atoms with E-state index in [1.807, 2.05) is 13.0 Å². The molecular weight excluding hydrogens is 102 g/mol. The summed E-state index contributed by atoms with van der Waals surface area (Å²) >= 11 is 0. The van der Waals surface area contributed by atoms with E-state index in [-0.39, 0.29) is 0 Å². The Morgan fingerprint density at radius 1 is 1.88 bits per heavy atom. The molecule has 0 aliphatic rings. The van der Waals surface area contributed by atoms with Gasteiger partial charge in [0.15, 0.2) is 0 Å². The van der Waals surface area contributed by atoms with Crippen LogP contribution < -0.4 is 0 Å². The zero-order valence-electron chi connectivity index (χ0n) is 5.14. The van der Waals surface area contributed by atoms with Gasteiger partial charge in [-0.2, -0.15) is 5.26 Å². The maximum Gasteiger partial charge on any atom is 0.106 e. The highest BCUT2D eigenvalue weighted by atomic mass is 16.5. The maximum atomic E-state index is 8.09. The second-order valence-corrected chi connectivity index (χ2v) is 1.30. The molecule has 0 bridgehead atoms. The van der Waals surface area contributed by atoms with Crippen LogP contribution in [-0.4, -0.2) is 7.11 Å². The van der Waals surface area contributed by atoms with Crippen LogP contribution in [0.2, 0.25) is 0 Å². The lowest BCUT2D eigenvalue weighted by atomic mass is 10.4. The molecule has 2 heteroatoms. The average molecular weight is 111 g/mol. The van der Waals surface area contributed by atoms with Crippen molar-refractivity contribution in [2.75, 3.05) is 7.11 Å². The smallest absolute Gasteiger partial charge is 0.106 e. The number of rotatable bonds is 2. The topological polar surface area (TPSA) is 33.0 Å². The number of nitriles is 1. The van der Waals surface area contributed by atoms with Crippen molar-refractivity contribution in [1.82, 2.24) is 0 Å². The molecule has 0 rings (SSSR count). The molecule has 0 aliphatic carbocycles. The molecule has 0 spiro atoms. The summed E-state index contributed by atoms with van der Waals surface area (Å²) in [5, 5.41) is 8.09. The molecule has 44 valence electrons. The van der Waals surface area contributed by atoms with Crippen LogP contribution in [0.15, 0.2) is 11.8 Å². The number of hydrogen-bond donors (Lipinski definition) is 0. The Morgan fingerprint density at radius 2 is 2.50 bits per heavy atom. The van der Waals surface area contributed by atoms with Crippen LogP contribution in [0.3, 0.4) is 0 Å². The van der Waals surface area contributed by atoms with E-state index < -0.39 is 0 Å². The molecular formula is C6H9NO. The van der Waals surface area contributed by atoms with Gasteiger partial charge >= 0.3 is 0 Å². The Morgan fingerprint density at radius 3 is 2.62 bits per heavy atom. The predicted molar refractivity (Wildman–Crippen MR) is 31.0 cm³/mol. The second-order valence-electron chi connectivity index (χ2n) is 1.30. The van der Waals surface area contributed by atoms with Crippen molar-refractivity contribution >= 4 is 0 Å². The summed E-state index contributed by atoms with van der Waals surface area (Å²) in [4.78, 5) is 0. The Bertz CT molecular complexity index is 115. The first kappa shape index (κ1) is 7.03. The highest BCUT2D eigenvalue weighted by Crippen LogP contribution is 1.97. The zero-order valence-corrected chi connectivity index (χ0v) is 5.14. The van der Waals surface area contributed by atoms with Crippen LogP contribution in [0.4, 0.5) is 0 Å². The summed E-state index contributed by atoms with van der Waals surface area (Å²) in [5.41, 5.74) is 0. The molecule has 0 N–H and O–H groups in total. The minimum Gasteiger partial charge on any atom is -0.500 e. The predicted octanol–water partition coefficient (Wildman–Crippen LogP) is 1.45. The first-order chi connectivity index (χ1) is 3.85. The molecule has 0 aromatic heterocycles. The number of hydrogen-bond acceptors (Lipinski definition) is 2. The van der Waals surface area contributed by atoms with E-state index in [1.165, 1.54) is 6.08 Å². The third kappa shape index (κ3) is 2.25. The van der Waals surface area contributed by atoms with E-state index in [2.05, 4.69) is 0 Å². The van der Waals surface area contributed by atoms with Crippen molar-refractivity contribution in [3.63, 3.8) is 0 Å². The van der Waals surface area contributed by atoms with Crippen LogP contribution in [0.1, 0.15) is 13.3 Å². The molecule has 0 saturated heterocycles. The van der Waals surface area contributed by atoms with Gasteiger partial charge in [-0.1, -0.05) is 6.92 Å². The minimum absolute atomic E-state index is 0.729. The molecule has 0 aromatic carbocycles. The largest absolute Gasteiger partial charge is 0.500 e. The van der Waals surface area contributed by atoms with Gasteiger partial charge in [0.05, 0.1) is 19.3 Å². The van der Waals surface area contributed by atoms with Gasteiger partial charge in [0, 0.05) is 6.42 Å². The first-order valence-electron chi connectivity index (χ1n) is 2.47. The third-order valence-corrected chi connectivity index (χ3v) is 0.836. The van der Waals surface area contributed by atoms with Crippen molar-refractivity contribution in [2.45, 2.75) is 13.3 Å². The number of nitrogens with zero attached hydrogens (tertiary/aromatic N) is 1. The number of allylic oxidation sites excluding steroid dienone is 2. The standard InChI is InChI=1S/C6H9NO/c1-3-6(8-2)4-5-7/h4H,3H2,1-2H3/b6-4-. The van der Waals surface area contributed by atoms with E-state index in [0.29, 0.717) is 0 Å². The molecule has 0 aromatic rings.